The van der Waals surface area contributed by atoms with Gasteiger partial charge in [-0.1, -0.05) is 12.1 Å². The maximum atomic E-state index is 14.7. The van der Waals surface area contributed by atoms with Crippen LogP contribution in [0.4, 0.5) is 4.39 Å². The molecule has 0 aliphatic carbocycles. The van der Waals surface area contributed by atoms with Crippen LogP contribution >= 0.6 is 0 Å². The minimum atomic E-state index is -0.340. The van der Waals surface area contributed by atoms with Crippen LogP contribution in [-0.2, 0) is 0 Å². The lowest BCUT2D eigenvalue weighted by molar-refractivity contribution is 0.162. The third kappa shape index (κ3) is 5.86. The Labute approximate surface area is 254 Å². The predicted octanol–water partition coefficient (Wildman–Crippen LogP) is 6.05. The van der Waals surface area contributed by atoms with Crippen LogP contribution in [-0.4, -0.2) is 76.5 Å². The Morgan fingerprint density at radius 3 is 2.64 bits per heavy atom. The van der Waals surface area contributed by atoms with E-state index in [-0.39, 0.29) is 11.9 Å². The minimum absolute atomic E-state index is 0.186. The molecule has 7 rings (SSSR count). The van der Waals surface area contributed by atoms with Gasteiger partial charge in [0.1, 0.15) is 35.7 Å². The number of ether oxygens (including phenoxy) is 2. The van der Waals surface area contributed by atoms with Crippen LogP contribution in [0, 0.1) is 5.82 Å². The van der Waals surface area contributed by atoms with Gasteiger partial charge in [0.2, 0.25) is 0 Å². The molecule has 0 atom stereocenters. The molecule has 9 nitrogen and oxygen atoms in total. The van der Waals surface area contributed by atoms with Crippen molar-refractivity contribution in [3.8, 4) is 45.3 Å². The molecule has 1 saturated heterocycles. The van der Waals surface area contributed by atoms with E-state index in [1.807, 2.05) is 55.4 Å². The number of hydrogen-bond acceptors (Lipinski definition) is 7. The first-order valence-electron chi connectivity index (χ1n) is 14.9. The van der Waals surface area contributed by atoms with E-state index in [0.717, 1.165) is 93.8 Å². The summed E-state index contributed by atoms with van der Waals surface area (Å²) < 4.78 is 26.8. The summed E-state index contributed by atoms with van der Waals surface area (Å²) in [7, 11) is 3.95. The van der Waals surface area contributed by atoms with E-state index in [9.17, 15) is 4.39 Å². The number of halogens is 1. The van der Waals surface area contributed by atoms with Gasteiger partial charge in [-0.15, -0.1) is 0 Å². The van der Waals surface area contributed by atoms with Gasteiger partial charge in [-0.2, -0.15) is 5.10 Å². The molecule has 1 fully saturated rings. The van der Waals surface area contributed by atoms with Crippen LogP contribution in [0.3, 0.4) is 0 Å². The standard InChI is InChI=1S/C34H34FN7O2/c1-42(2)10-11-43-25-13-21(12-23(35)15-25)27-4-3-5-30-28(27)16-32(39-30)34-29-17-31(38-20-33(29)40-41-34)22-14-26(19-37-18-22)44-24-6-8-36-9-7-24/h3-5,12-20,24,36,39H,6-11H2,1-2H3,(H,40,41). The fourth-order valence-corrected chi connectivity index (χ4v) is 5.69. The summed E-state index contributed by atoms with van der Waals surface area (Å²) in [4.78, 5) is 14.7. The Morgan fingerprint density at radius 1 is 0.909 bits per heavy atom. The van der Waals surface area contributed by atoms with Crippen molar-refractivity contribution in [1.29, 1.82) is 0 Å². The molecule has 5 heterocycles. The van der Waals surface area contributed by atoms with E-state index in [1.54, 1.807) is 24.7 Å². The van der Waals surface area contributed by atoms with Crippen molar-refractivity contribution in [2.75, 3.05) is 40.3 Å². The van der Waals surface area contributed by atoms with Gasteiger partial charge in [-0.3, -0.25) is 15.1 Å². The summed E-state index contributed by atoms with van der Waals surface area (Å²) >= 11 is 0. The molecule has 0 spiro atoms. The molecule has 0 saturated carbocycles. The van der Waals surface area contributed by atoms with Gasteiger partial charge in [-0.25, -0.2) is 4.39 Å². The van der Waals surface area contributed by atoms with E-state index in [2.05, 4.69) is 36.5 Å². The van der Waals surface area contributed by atoms with Crippen LogP contribution in [0.15, 0.2) is 73.2 Å². The fraction of sp³-hybridized carbons (Fsp3) is 0.265. The monoisotopic (exact) mass is 591 g/mol. The Kier molecular flexibility index (Phi) is 7.68. The number of aromatic nitrogens is 5. The highest BCUT2D eigenvalue weighted by Crippen LogP contribution is 2.36. The van der Waals surface area contributed by atoms with Gasteiger partial charge < -0.3 is 24.7 Å². The molecular weight excluding hydrogens is 557 g/mol. The van der Waals surface area contributed by atoms with E-state index < -0.39 is 0 Å². The van der Waals surface area contributed by atoms with Crippen molar-refractivity contribution in [1.82, 2.24) is 35.4 Å². The zero-order valence-electron chi connectivity index (χ0n) is 24.7. The number of benzene rings is 2. The van der Waals surface area contributed by atoms with Gasteiger partial charge in [0, 0.05) is 40.7 Å². The van der Waals surface area contributed by atoms with Crippen molar-refractivity contribution in [2.24, 2.45) is 0 Å². The Hall–Kier alpha value is -4.80. The maximum Gasteiger partial charge on any atom is 0.138 e. The highest BCUT2D eigenvalue weighted by atomic mass is 19.1. The second kappa shape index (κ2) is 12.1. The number of pyridine rings is 2. The number of H-pyrrole nitrogens is 2. The summed E-state index contributed by atoms with van der Waals surface area (Å²) in [6, 6.07) is 16.9. The SMILES string of the molecule is CN(C)CCOc1cc(F)cc(-c2cccc3[nH]c(-c4n[nH]c5cnc(-c6cncc(OC7CCNCC7)c6)cc45)cc23)c1. The number of nitrogens with one attached hydrogen (secondary N) is 3. The number of piperidine rings is 1. The number of aromatic amines is 2. The quantitative estimate of drug-likeness (QED) is 0.188. The molecule has 1 aliphatic rings. The molecule has 2 aromatic carbocycles. The van der Waals surface area contributed by atoms with Gasteiger partial charge in [0.05, 0.1) is 29.3 Å². The van der Waals surface area contributed by atoms with Gasteiger partial charge in [0.25, 0.3) is 0 Å². The van der Waals surface area contributed by atoms with Crippen LogP contribution in [0.25, 0.3) is 55.6 Å². The molecule has 44 heavy (non-hydrogen) atoms. The fourth-order valence-electron chi connectivity index (χ4n) is 5.69. The van der Waals surface area contributed by atoms with Crippen molar-refractivity contribution in [3.05, 3.63) is 79.0 Å². The highest BCUT2D eigenvalue weighted by Gasteiger charge is 2.17. The summed E-state index contributed by atoms with van der Waals surface area (Å²) in [5.74, 6) is 0.913. The largest absolute Gasteiger partial charge is 0.492 e. The molecule has 0 radical (unpaired) electrons. The lowest BCUT2D eigenvalue weighted by atomic mass is 10.0. The first-order valence-corrected chi connectivity index (χ1v) is 14.9. The first kappa shape index (κ1) is 28.0. The highest BCUT2D eigenvalue weighted by molar-refractivity contribution is 6.01. The summed E-state index contributed by atoms with van der Waals surface area (Å²) in [6.07, 6.45) is 7.49. The maximum absolute atomic E-state index is 14.7. The van der Waals surface area contributed by atoms with Gasteiger partial charge in [-0.05, 0) is 87.6 Å². The average molecular weight is 592 g/mol. The Morgan fingerprint density at radius 2 is 1.77 bits per heavy atom. The van der Waals surface area contributed by atoms with Crippen molar-refractivity contribution in [3.63, 3.8) is 0 Å². The molecule has 0 unspecified atom stereocenters. The zero-order chi connectivity index (χ0) is 30.0. The van der Waals surface area contributed by atoms with E-state index >= 15 is 0 Å². The van der Waals surface area contributed by atoms with Crippen LogP contribution in [0.2, 0.25) is 0 Å². The predicted molar refractivity (Wildman–Crippen MR) is 170 cm³/mol. The molecule has 6 aromatic rings. The molecular formula is C34H34FN7O2. The molecule has 0 amide bonds. The normalized spacial score (nSPS) is 14.1. The van der Waals surface area contributed by atoms with E-state index in [0.29, 0.717) is 12.4 Å². The van der Waals surface area contributed by atoms with Crippen molar-refractivity contribution < 1.29 is 13.9 Å². The summed E-state index contributed by atoms with van der Waals surface area (Å²) in [5.41, 5.74) is 6.67. The van der Waals surface area contributed by atoms with Crippen LogP contribution < -0.4 is 14.8 Å². The second-order valence-electron chi connectivity index (χ2n) is 11.4. The van der Waals surface area contributed by atoms with Gasteiger partial charge >= 0.3 is 0 Å². The van der Waals surface area contributed by atoms with Gasteiger partial charge in [0.15, 0.2) is 0 Å². The number of rotatable bonds is 9. The summed E-state index contributed by atoms with van der Waals surface area (Å²) in [5, 5.41) is 13.0. The minimum Gasteiger partial charge on any atom is -0.492 e. The molecule has 1 aliphatic heterocycles. The molecule has 4 aromatic heterocycles. The average Bonchev–Trinajstić information content (AvgIpc) is 3.65. The first-order chi connectivity index (χ1) is 21.5. The topological polar surface area (TPSA) is 104 Å². The third-order valence-electron chi connectivity index (χ3n) is 7.95. The van der Waals surface area contributed by atoms with E-state index in [1.165, 1.54) is 6.07 Å². The number of likely N-dealkylation sites (N-methyl/N-ethyl adjacent to an activating group) is 1. The number of hydrogen-bond donors (Lipinski definition) is 3. The Bertz CT molecular complexity index is 1930. The van der Waals surface area contributed by atoms with Crippen molar-refractivity contribution in [2.45, 2.75) is 18.9 Å². The third-order valence-corrected chi connectivity index (χ3v) is 7.95. The Balaban J connectivity index is 1.21. The number of nitrogens with zero attached hydrogens (tertiary/aromatic N) is 4. The zero-order valence-corrected chi connectivity index (χ0v) is 24.7. The summed E-state index contributed by atoms with van der Waals surface area (Å²) in [6.45, 7) is 3.14. The lowest BCUT2D eigenvalue weighted by Gasteiger charge is -2.23. The molecule has 0 bridgehead atoms. The second-order valence-corrected chi connectivity index (χ2v) is 11.4. The molecule has 3 N–H and O–H groups in total. The number of fused-ring (bicyclic) bond motifs is 2. The van der Waals surface area contributed by atoms with Crippen LogP contribution in [0.1, 0.15) is 12.8 Å². The molecule has 10 heteroatoms. The lowest BCUT2D eigenvalue weighted by Crippen LogP contribution is -2.34. The van der Waals surface area contributed by atoms with E-state index in [4.69, 9.17) is 9.47 Å². The van der Waals surface area contributed by atoms with Crippen LogP contribution in [0.5, 0.6) is 11.5 Å². The van der Waals surface area contributed by atoms with Crippen molar-refractivity contribution >= 4 is 21.8 Å². The smallest absolute Gasteiger partial charge is 0.138 e. The molecule has 224 valence electrons.